The molecule has 1 aromatic heterocycles. The molecular weight excluding hydrogens is 232 g/mol. The topological polar surface area (TPSA) is 56.0 Å². The Morgan fingerprint density at radius 3 is 2.47 bits per heavy atom. The van der Waals surface area contributed by atoms with Crippen molar-refractivity contribution in [2.24, 2.45) is 5.73 Å². The fourth-order valence-electron chi connectivity index (χ4n) is 1.47. The van der Waals surface area contributed by atoms with Crippen LogP contribution in [0.15, 0.2) is 42.5 Å². The molecule has 1 amide bonds. The largest absolute Gasteiger partial charge is 0.364 e. The molecule has 2 aromatic rings. The van der Waals surface area contributed by atoms with E-state index in [2.05, 4.69) is 4.98 Å². The maximum absolute atomic E-state index is 11.0. The van der Waals surface area contributed by atoms with E-state index in [0.29, 0.717) is 0 Å². The van der Waals surface area contributed by atoms with Crippen LogP contribution in [0.5, 0.6) is 0 Å². The van der Waals surface area contributed by atoms with Gasteiger partial charge in [0.05, 0.1) is 5.69 Å². The molecule has 1 aromatic carbocycles. The van der Waals surface area contributed by atoms with Crippen LogP contribution in [-0.2, 0) is 0 Å². The van der Waals surface area contributed by atoms with E-state index in [9.17, 15) is 4.79 Å². The second kappa shape index (κ2) is 4.84. The Morgan fingerprint density at radius 2 is 1.88 bits per heavy atom. The number of primary amides is 1. The molecule has 0 bridgehead atoms. The smallest absolute Gasteiger partial charge is 0.267 e. The van der Waals surface area contributed by atoms with Gasteiger partial charge in [0.15, 0.2) is 0 Å². The summed E-state index contributed by atoms with van der Waals surface area (Å²) in [6, 6.07) is 12.8. The lowest BCUT2D eigenvalue weighted by Crippen LogP contribution is -2.12. The summed E-state index contributed by atoms with van der Waals surface area (Å²) in [5.41, 5.74) is 8.06. The molecule has 2 N–H and O–H groups in total. The third-order valence-electron chi connectivity index (χ3n) is 2.34. The van der Waals surface area contributed by atoms with Gasteiger partial charge < -0.3 is 5.73 Å². The van der Waals surface area contributed by atoms with Crippen LogP contribution in [0, 0.1) is 0 Å². The first-order valence-corrected chi connectivity index (χ1v) is 5.50. The molecular formula is C13H10N2OS. The fraction of sp³-hybridized carbons (Fsp3) is 0. The fourth-order valence-corrected chi connectivity index (χ4v) is 1.62. The number of pyridine rings is 1. The zero-order chi connectivity index (χ0) is 12.3. The average Bonchev–Trinajstić information content (AvgIpc) is 2.39. The summed E-state index contributed by atoms with van der Waals surface area (Å²) in [6.07, 6.45) is 0. The number of carbonyl (C=O) groups is 1. The van der Waals surface area contributed by atoms with E-state index in [4.69, 9.17) is 18.0 Å². The van der Waals surface area contributed by atoms with Gasteiger partial charge in [0, 0.05) is 10.9 Å². The van der Waals surface area contributed by atoms with Gasteiger partial charge in [-0.1, -0.05) is 42.5 Å². The summed E-state index contributed by atoms with van der Waals surface area (Å²) in [7, 11) is 0. The zero-order valence-electron chi connectivity index (χ0n) is 8.96. The summed E-state index contributed by atoms with van der Waals surface area (Å²) < 4.78 is 0. The Hall–Kier alpha value is -2.07. The van der Waals surface area contributed by atoms with Gasteiger partial charge in [0.2, 0.25) is 0 Å². The number of nitrogens with zero attached hydrogens (tertiary/aromatic N) is 1. The summed E-state index contributed by atoms with van der Waals surface area (Å²) in [5, 5.41) is 1.61. The van der Waals surface area contributed by atoms with Gasteiger partial charge in [-0.05, 0) is 17.7 Å². The minimum absolute atomic E-state index is 0.265. The molecule has 84 valence electrons. The molecule has 0 fully saturated rings. The molecule has 2 rings (SSSR count). The highest BCUT2D eigenvalue weighted by molar-refractivity contribution is 7.79. The normalized spacial score (nSPS) is 9.88. The first-order chi connectivity index (χ1) is 8.20. The maximum Gasteiger partial charge on any atom is 0.267 e. The second-order valence-electron chi connectivity index (χ2n) is 3.51. The lowest BCUT2D eigenvalue weighted by atomic mass is 10.1. The molecule has 0 unspecified atom stereocenters. The average molecular weight is 242 g/mol. The van der Waals surface area contributed by atoms with Crippen LogP contribution in [0.2, 0.25) is 0 Å². The van der Waals surface area contributed by atoms with Crippen molar-refractivity contribution in [2.75, 3.05) is 0 Å². The van der Waals surface area contributed by atoms with E-state index in [0.717, 1.165) is 16.8 Å². The second-order valence-corrected chi connectivity index (χ2v) is 3.75. The molecule has 1 heterocycles. The van der Waals surface area contributed by atoms with Gasteiger partial charge in [-0.25, -0.2) is 4.98 Å². The first-order valence-electron chi connectivity index (χ1n) is 5.03. The Bertz CT molecular complexity index is 564. The third-order valence-corrected chi connectivity index (χ3v) is 2.62. The van der Waals surface area contributed by atoms with Gasteiger partial charge in [-0.15, -0.1) is 0 Å². The number of amides is 1. The number of hydrogen-bond donors (Lipinski definition) is 1. The number of nitrogens with two attached hydrogens (primary N) is 1. The highest BCUT2D eigenvalue weighted by Gasteiger charge is 2.04. The lowest BCUT2D eigenvalue weighted by molar-refractivity contribution is 0.0995. The van der Waals surface area contributed by atoms with Crippen LogP contribution in [0.3, 0.4) is 0 Å². The molecule has 4 heteroatoms. The molecule has 17 heavy (non-hydrogen) atoms. The SMILES string of the molecule is NC(=O)c1cccc(-c2ccc(C=S)cc2)n1. The first kappa shape index (κ1) is 11.4. The molecule has 0 atom stereocenters. The van der Waals surface area contributed by atoms with E-state index < -0.39 is 5.91 Å². The minimum atomic E-state index is -0.526. The molecule has 0 aliphatic rings. The molecule has 0 radical (unpaired) electrons. The van der Waals surface area contributed by atoms with Crippen LogP contribution in [0.4, 0.5) is 0 Å². The van der Waals surface area contributed by atoms with Crippen LogP contribution in [0.25, 0.3) is 11.3 Å². The van der Waals surface area contributed by atoms with Gasteiger partial charge in [0.25, 0.3) is 5.91 Å². The number of aromatic nitrogens is 1. The van der Waals surface area contributed by atoms with E-state index in [1.54, 1.807) is 17.5 Å². The number of benzene rings is 1. The van der Waals surface area contributed by atoms with Gasteiger partial charge >= 0.3 is 0 Å². The van der Waals surface area contributed by atoms with Crippen molar-refractivity contribution in [3.05, 3.63) is 53.7 Å². The molecule has 0 spiro atoms. The Labute approximate surface area is 104 Å². The van der Waals surface area contributed by atoms with E-state index >= 15 is 0 Å². The number of rotatable bonds is 3. The number of hydrogen-bond acceptors (Lipinski definition) is 3. The van der Waals surface area contributed by atoms with Crippen molar-refractivity contribution >= 4 is 23.5 Å². The van der Waals surface area contributed by atoms with Crippen molar-refractivity contribution in [2.45, 2.75) is 0 Å². The summed E-state index contributed by atoms with van der Waals surface area (Å²) in [5.74, 6) is -0.526. The zero-order valence-corrected chi connectivity index (χ0v) is 9.78. The van der Waals surface area contributed by atoms with Gasteiger partial charge in [-0.3, -0.25) is 4.79 Å². The summed E-state index contributed by atoms with van der Waals surface area (Å²) in [4.78, 5) is 15.2. The Balaban J connectivity index is 2.41. The third kappa shape index (κ3) is 2.54. The van der Waals surface area contributed by atoms with Crippen molar-refractivity contribution in [3.8, 4) is 11.3 Å². The van der Waals surface area contributed by atoms with E-state index in [1.165, 1.54) is 0 Å². The van der Waals surface area contributed by atoms with Crippen LogP contribution >= 0.6 is 12.2 Å². The van der Waals surface area contributed by atoms with Gasteiger partial charge in [0.1, 0.15) is 5.69 Å². The van der Waals surface area contributed by atoms with E-state index in [-0.39, 0.29) is 5.69 Å². The summed E-state index contributed by atoms with van der Waals surface area (Å²) >= 11 is 4.83. The Kier molecular flexibility index (Phi) is 3.25. The lowest BCUT2D eigenvalue weighted by Gasteiger charge is -2.02. The van der Waals surface area contributed by atoms with Crippen LogP contribution in [0.1, 0.15) is 16.1 Å². The number of thiocarbonyl (C=S) groups is 1. The molecule has 0 aliphatic carbocycles. The van der Waals surface area contributed by atoms with Crippen LogP contribution in [-0.4, -0.2) is 16.3 Å². The van der Waals surface area contributed by atoms with Crippen molar-refractivity contribution in [1.29, 1.82) is 0 Å². The number of carbonyl (C=O) groups excluding carboxylic acids is 1. The van der Waals surface area contributed by atoms with E-state index in [1.807, 2.05) is 30.3 Å². The van der Waals surface area contributed by atoms with Gasteiger partial charge in [-0.2, -0.15) is 0 Å². The Morgan fingerprint density at radius 1 is 1.18 bits per heavy atom. The monoisotopic (exact) mass is 242 g/mol. The maximum atomic E-state index is 11.0. The van der Waals surface area contributed by atoms with Crippen LogP contribution < -0.4 is 5.73 Å². The summed E-state index contributed by atoms with van der Waals surface area (Å²) in [6.45, 7) is 0. The van der Waals surface area contributed by atoms with Crippen molar-refractivity contribution in [1.82, 2.24) is 4.98 Å². The highest BCUT2D eigenvalue weighted by Crippen LogP contribution is 2.17. The minimum Gasteiger partial charge on any atom is -0.364 e. The molecule has 0 saturated carbocycles. The quantitative estimate of drug-likeness (QED) is 0.839. The highest BCUT2D eigenvalue weighted by atomic mass is 32.1. The molecule has 0 aliphatic heterocycles. The predicted molar refractivity (Wildman–Crippen MR) is 70.9 cm³/mol. The standard InChI is InChI=1S/C13H10N2OS/c14-13(16)12-3-1-2-11(15-12)10-6-4-9(8-17)5-7-10/h1-8H,(H2,14,16). The molecule has 0 saturated heterocycles. The molecule has 3 nitrogen and oxygen atoms in total. The predicted octanol–water partition coefficient (Wildman–Crippen LogP) is 2.20. The van der Waals surface area contributed by atoms with Crippen molar-refractivity contribution < 1.29 is 4.79 Å². The van der Waals surface area contributed by atoms with Crippen molar-refractivity contribution in [3.63, 3.8) is 0 Å².